The highest BCUT2D eigenvalue weighted by Gasteiger charge is 2.34. The Labute approximate surface area is 197 Å². The van der Waals surface area contributed by atoms with E-state index >= 15 is 0 Å². The second kappa shape index (κ2) is 9.39. The van der Waals surface area contributed by atoms with Crippen LogP contribution in [0.1, 0.15) is 40.4 Å². The summed E-state index contributed by atoms with van der Waals surface area (Å²) >= 11 is 0. The van der Waals surface area contributed by atoms with Crippen LogP contribution >= 0.6 is 0 Å². The van der Waals surface area contributed by atoms with Gasteiger partial charge < -0.3 is 15.4 Å². The molecule has 0 atom stereocenters. The van der Waals surface area contributed by atoms with Crippen molar-refractivity contribution in [1.82, 2.24) is 15.5 Å². The van der Waals surface area contributed by atoms with E-state index in [0.717, 1.165) is 34.9 Å². The summed E-state index contributed by atoms with van der Waals surface area (Å²) in [4.78, 5) is 25.3. The van der Waals surface area contributed by atoms with Crippen molar-refractivity contribution in [2.45, 2.75) is 31.2 Å². The highest BCUT2D eigenvalue weighted by molar-refractivity contribution is 5.97. The molecule has 4 aromatic rings. The Hall–Kier alpha value is -4.13. The lowest BCUT2D eigenvalue weighted by atomic mass is 9.77. The average molecular weight is 455 g/mol. The number of fused-ring (bicyclic) bond motifs is 1. The molecule has 0 unspecified atom stereocenters. The molecule has 5 rings (SSSR count). The van der Waals surface area contributed by atoms with Gasteiger partial charge in [-0.3, -0.25) is 14.7 Å². The topological polar surface area (TPSA) is 96.1 Å². The van der Waals surface area contributed by atoms with E-state index in [1.54, 1.807) is 31.5 Å². The minimum Gasteiger partial charge on any atom is -0.497 e. The van der Waals surface area contributed by atoms with Crippen molar-refractivity contribution >= 4 is 28.3 Å². The fourth-order valence-electron chi connectivity index (χ4n) is 4.53. The lowest BCUT2D eigenvalue weighted by Crippen LogP contribution is -2.43. The molecule has 0 aliphatic heterocycles. The van der Waals surface area contributed by atoms with E-state index in [1.807, 2.05) is 48.5 Å². The lowest BCUT2D eigenvalue weighted by Gasteiger charge is -2.35. The number of ether oxygens (including phenoxy) is 1. The molecule has 34 heavy (non-hydrogen) atoms. The zero-order chi connectivity index (χ0) is 23.5. The molecule has 1 heterocycles. The number of rotatable bonds is 7. The van der Waals surface area contributed by atoms with Crippen molar-refractivity contribution in [1.29, 1.82) is 0 Å². The third-order valence-corrected chi connectivity index (χ3v) is 6.39. The molecule has 0 radical (unpaired) electrons. The predicted molar refractivity (Wildman–Crippen MR) is 131 cm³/mol. The molecule has 172 valence electrons. The van der Waals surface area contributed by atoms with Crippen molar-refractivity contribution in [3.05, 3.63) is 89.7 Å². The van der Waals surface area contributed by atoms with Crippen LogP contribution in [0.15, 0.2) is 72.9 Å². The van der Waals surface area contributed by atoms with Crippen LogP contribution in [-0.4, -0.2) is 35.2 Å². The Morgan fingerprint density at radius 1 is 1.06 bits per heavy atom. The first-order valence-corrected chi connectivity index (χ1v) is 11.4. The second-order valence-corrected chi connectivity index (χ2v) is 8.63. The second-order valence-electron chi connectivity index (χ2n) is 8.63. The van der Waals surface area contributed by atoms with Gasteiger partial charge in [-0.15, -0.1) is 0 Å². The molecule has 0 saturated heterocycles. The average Bonchev–Trinajstić information content (AvgIpc) is 3.28. The van der Waals surface area contributed by atoms with Gasteiger partial charge in [0.2, 0.25) is 5.91 Å². The largest absolute Gasteiger partial charge is 0.497 e. The standard InChI is InChI=1S/C27H26N4O3/c1-34-22-10-5-9-19(14-22)27(33)29-21-12-20(13-21)26-24(16-28-31-26)30-25(32)15-18-8-4-7-17-6-2-3-11-23(17)18/h2-11,14,16,20-21H,12-13,15H2,1H3,(H,28,31)(H,29,33)(H,30,32). The van der Waals surface area contributed by atoms with E-state index < -0.39 is 0 Å². The molecule has 7 nitrogen and oxygen atoms in total. The number of aromatic amines is 1. The number of aromatic nitrogens is 2. The zero-order valence-electron chi connectivity index (χ0n) is 18.9. The summed E-state index contributed by atoms with van der Waals surface area (Å²) in [5.74, 6) is 0.656. The molecule has 3 aromatic carbocycles. The molecule has 1 aliphatic carbocycles. The van der Waals surface area contributed by atoms with Gasteiger partial charge in [0.25, 0.3) is 5.91 Å². The number of amides is 2. The number of carbonyl (C=O) groups excluding carboxylic acids is 2. The van der Waals surface area contributed by atoms with Crippen LogP contribution < -0.4 is 15.4 Å². The fraction of sp³-hybridized carbons (Fsp3) is 0.222. The van der Waals surface area contributed by atoms with Crippen molar-refractivity contribution in [2.75, 3.05) is 12.4 Å². The van der Waals surface area contributed by atoms with Gasteiger partial charge in [0.1, 0.15) is 5.75 Å². The first kappa shape index (κ1) is 21.7. The molecular formula is C27H26N4O3. The van der Waals surface area contributed by atoms with Crippen LogP contribution in [0.5, 0.6) is 5.75 Å². The number of methoxy groups -OCH3 is 1. The number of H-pyrrole nitrogens is 1. The molecular weight excluding hydrogens is 428 g/mol. The van der Waals surface area contributed by atoms with Crippen LogP contribution in [0.3, 0.4) is 0 Å². The number of hydrogen-bond acceptors (Lipinski definition) is 4. The Morgan fingerprint density at radius 3 is 2.71 bits per heavy atom. The minimum atomic E-state index is -0.115. The van der Waals surface area contributed by atoms with E-state index in [-0.39, 0.29) is 30.2 Å². The number of carbonyl (C=O) groups is 2. The number of nitrogens with one attached hydrogen (secondary N) is 3. The molecule has 0 bridgehead atoms. The zero-order valence-corrected chi connectivity index (χ0v) is 18.9. The number of hydrogen-bond donors (Lipinski definition) is 3. The maximum absolute atomic E-state index is 12.8. The Balaban J connectivity index is 1.18. The van der Waals surface area contributed by atoms with Gasteiger partial charge in [-0.2, -0.15) is 5.10 Å². The van der Waals surface area contributed by atoms with Crippen molar-refractivity contribution < 1.29 is 14.3 Å². The van der Waals surface area contributed by atoms with Crippen LogP contribution in [0.4, 0.5) is 5.69 Å². The lowest BCUT2D eigenvalue weighted by molar-refractivity contribution is -0.115. The molecule has 1 fully saturated rings. The Bertz CT molecular complexity index is 1340. The summed E-state index contributed by atoms with van der Waals surface area (Å²) in [6.07, 6.45) is 3.50. The first-order valence-electron chi connectivity index (χ1n) is 11.4. The summed E-state index contributed by atoms with van der Waals surface area (Å²) in [5.41, 5.74) is 3.17. The van der Waals surface area contributed by atoms with E-state index in [1.165, 1.54) is 0 Å². The maximum Gasteiger partial charge on any atom is 0.251 e. The number of nitrogens with zero attached hydrogens (tertiary/aromatic N) is 1. The maximum atomic E-state index is 12.8. The Kier molecular flexibility index (Phi) is 5.99. The summed E-state index contributed by atoms with van der Waals surface area (Å²) in [5, 5.41) is 15.5. The van der Waals surface area contributed by atoms with Crippen molar-refractivity contribution in [3.63, 3.8) is 0 Å². The third-order valence-electron chi connectivity index (χ3n) is 6.39. The van der Waals surface area contributed by atoms with E-state index in [2.05, 4.69) is 20.8 Å². The molecule has 1 aliphatic rings. The molecule has 1 saturated carbocycles. The first-order chi connectivity index (χ1) is 16.6. The van der Waals surface area contributed by atoms with Gasteiger partial charge in [-0.25, -0.2) is 0 Å². The van der Waals surface area contributed by atoms with Gasteiger partial charge in [0, 0.05) is 17.5 Å². The minimum absolute atomic E-state index is 0.0752. The molecule has 7 heteroatoms. The van der Waals surface area contributed by atoms with Crippen LogP contribution in [-0.2, 0) is 11.2 Å². The van der Waals surface area contributed by atoms with Gasteiger partial charge >= 0.3 is 0 Å². The highest BCUT2D eigenvalue weighted by Crippen LogP contribution is 2.39. The summed E-state index contributed by atoms with van der Waals surface area (Å²) in [6.45, 7) is 0. The van der Waals surface area contributed by atoms with E-state index in [9.17, 15) is 9.59 Å². The molecule has 3 N–H and O–H groups in total. The van der Waals surface area contributed by atoms with Gasteiger partial charge in [-0.05, 0) is 47.4 Å². The van der Waals surface area contributed by atoms with Gasteiger partial charge in [0.05, 0.1) is 31.1 Å². The SMILES string of the molecule is COc1cccc(C(=O)NC2CC(c3[nH]ncc3NC(=O)Cc3cccc4ccccc34)C2)c1. The monoisotopic (exact) mass is 454 g/mol. The normalized spacial score (nSPS) is 17.1. The molecule has 1 aromatic heterocycles. The molecule has 0 spiro atoms. The van der Waals surface area contributed by atoms with E-state index in [4.69, 9.17) is 4.74 Å². The van der Waals surface area contributed by atoms with E-state index in [0.29, 0.717) is 17.0 Å². The third kappa shape index (κ3) is 4.50. The van der Waals surface area contributed by atoms with Crippen LogP contribution in [0.25, 0.3) is 10.8 Å². The van der Waals surface area contributed by atoms with Gasteiger partial charge in [-0.1, -0.05) is 48.5 Å². The summed E-state index contributed by atoms with van der Waals surface area (Å²) < 4.78 is 5.19. The quantitative estimate of drug-likeness (QED) is 0.385. The Morgan fingerprint density at radius 2 is 1.85 bits per heavy atom. The number of anilines is 1. The van der Waals surface area contributed by atoms with Crippen LogP contribution in [0.2, 0.25) is 0 Å². The molecule has 2 amide bonds. The van der Waals surface area contributed by atoms with Crippen LogP contribution in [0, 0.1) is 0 Å². The summed E-state index contributed by atoms with van der Waals surface area (Å²) in [6, 6.07) is 21.3. The predicted octanol–water partition coefficient (Wildman–Crippen LogP) is 4.43. The summed E-state index contributed by atoms with van der Waals surface area (Å²) in [7, 11) is 1.58. The van der Waals surface area contributed by atoms with Crippen molar-refractivity contribution in [2.24, 2.45) is 0 Å². The fourth-order valence-corrected chi connectivity index (χ4v) is 4.53. The smallest absolute Gasteiger partial charge is 0.251 e. The highest BCUT2D eigenvalue weighted by atomic mass is 16.5. The number of benzene rings is 3. The van der Waals surface area contributed by atoms with Gasteiger partial charge in [0.15, 0.2) is 0 Å². The van der Waals surface area contributed by atoms with Crippen molar-refractivity contribution in [3.8, 4) is 5.75 Å².